The van der Waals surface area contributed by atoms with E-state index in [0.29, 0.717) is 23.7 Å². The van der Waals surface area contributed by atoms with Gasteiger partial charge >= 0.3 is 10.2 Å². The van der Waals surface area contributed by atoms with Crippen LogP contribution < -0.4 is 4.72 Å². The number of anilines is 1. The summed E-state index contributed by atoms with van der Waals surface area (Å²) in [4.78, 5) is 14.3. The molecule has 0 aliphatic carbocycles. The Morgan fingerprint density at radius 3 is 2.35 bits per heavy atom. The number of carbonyl (C=O) groups is 1. The molecule has 1 aliphatic rings. The summed E-state index contributed by atoms with van der Waals surface area (Å²) < 4.78 is 27.7. The molecule has 7 heteroatoms. The van der Waals surface area contributed by atoms with E-state index in [1.807, 2.05) is 4.90 Å². The Kier molecular flexibility index (Phi) is 5.64. The number of hydrogen-bond acceptors (Lipinski definition) is 3. The van der Waals surface area contributed by atoms with Crippen LogP contribution in [0.5, 0.6) is 0 Å². The largest absolute Gasteiger partial charge is 0.339 e. The van der Waals surface area contributed by atoms with Gasteiger partial charge in [-0.1, -0.05) is 13.8 Å². The van der Waals surface area contributed by atoms with Crippen molar-refractivity contribution in [2.75, 3.05) is 31.4 Å². The first-order valence-electron chi connectivity index (χ1n) is 7.97. The van der Waals surface area contributed by atoms with Crippen molar-refractivity contribution < 1.29 is 13.2 Å². The highest BCUT2D eigenvalue weighted by Crippen LogP contribution is 2.19. The molecule has 1 aromatic carbocycles. The van der Waals surface area contributed by atoms with E-state index in [9.17, 15) is 13.2 Å². The number of likely N-dealkylation sites (tertiary alicyclic amines) is 1. The van der Waals surface area contributed by atoms with Gasteiger partial charge < -0.3 is 4.90 Å². The number of rotatable bonds is 5. The minimum absolute atomic E-state index is 0.0111. The molecule has 2 rings (SSSR count). The quantitative estimate of drug-likeness (QED) is 0.894. The van der Waals surface area contributed by atoms with Crippen LogP contribution in [-0.4, -0.2) is 50.2 Å². The normalized spacial score (nSPS) is 16.6. The minimum atomic E-state index is -3.54. The predicted octanol–water partition coefficient (Wildman–Crippen LogP) is 2.17. The standard InChI is InChI=1S/C16H25N3O3S/c1-4-18(3)23(21,22)17-15-7-5-14(6-8-15)16(20)19-11-9-13(2)10-12-19/h5-8,13,17H,4,9-12H2,1-3H3. The van der Waals surface area contributed by atoms with E-state index in [1.54, 1.807) is 31.2 Å². The number of hydrogen-bond donors (Lipinski definition) is 1. The molecule has 1 heterocycles. The highest BCUT2D eigenvalue weighted by Gasteiger charge is 2.21. The molecule has 0 unspecified atom stereocenters. The topological polar surface area (TPSA) is 69.7 Å². The number of carbonyl (C=O) groups excluding carboxylic acids is 1. The van der Waals surface area contributed by atoms with Crippen LogP contribution in [0.15, 0.2) is 24.3 Å². The molecule has 23 heavy (non-hydrogen) atoms. The van der Waals surface area contributed by atoms with Crippen LogP contribution in [0.2, 0.25) is 0 Å². The van der Waals surface area contributed by atoms with Gasteiger partial charge in [-0.15, -0.1) is 0 Å². The Bertz CT molecular complexity index is 635. The third kappa shape index (κ3) is 4.45. The second kappa shape index (κ2) is 7.31. The Morgan fingerprint density at radius 1 is 1.26 bits per heavy atom. The average molecular weight is 339 g/mol. The second-order valence-corrected chi connectivity index (χ2v) is 7.85. The summed E-state index contributed by atoms with van der Waals surface area (Å²) >= 11 is 0. The highest BCUT2D eigenvalue weighted by molar-refractivity contribution is 7.90. The summed E-state index contributed by atoms with van der Waals surface area (Å²) in [6, 6.07) is 6.59. The van der Waals surface area contributed by atoms with Crippen molar-refractivity contribution in [1.82, 2.24) is 9.21 Å². The molecular formula is C16H25N3O3S. The van der Waals surface area contributed by atoms with Gasteiger partial charge in [-0.2, -0.15) is 12.7 Å². The van der Waals surface area contributed by atoms with Crippen molar-refractivity contribution in [2.24, 2.45) is 5.92 Å². The van der Waals surface area contributed by atoms with Gasteiger partial charge in [-0.3, -0.25) is 9.52 Å². The monoisotopic (exact) mass is 339 g/mol. The first-order valence-corrected chi connectivity index (χ1v) is 9.41. The third-order valence-electron chi connectivity index (χ3n) is 4.31. The van der Waals surface area contributed by atoms with Crippen molar-refractivity contribution in [3.05, 3.63) is 29.8 Å². The lowest BCUT2D eigenvalue weighted by Crippen LogP contribution is -2.37. The zero-order chi connectivity index (χ0) is 17.0. The fourth-order valence-electron chi connectivity index (χ4n) is 2.47. The Balaban J connectivity index is 2.03. The van der Waals surface area contributed by atoms with Crippen molar-refractivity contribution >= 4 is 21.8 Å². The van der Waals surface area contributed by atoms with Crippen molar-refractivity contribution in [2.45, 2.75) is 26.7 Å². The number of amides is 1. The molecule has 128 valence electrons. The molecule has 1 fully saturated rings. The molecule has 0 atom stereocenters. The molecule has 0 aromatic heterocycles. The lowest BCUT2D eigenvalue weighted by molar-refractivity contribution is 0.0697. The number of nitrogens with one attached hydrogen (secondary N) is 1. The second-order valence-electron chi connectivity index (χ2n) is 6.07. The van der Waals surface area contributed by atoms with Crippen LogP contribution >= 0.6 is 0 Å². The van der Waals surface area contributed by atoms with E-state index in [4.69, 9.17) is 0 Å². The number of piperidine rings is 1. The van der Waals surface area contributed by atoms with Crippen LogP contribution in [0.3, 0.4) is 0 Å². The van der Waals surface area contributed by atoms with Crippen LogP contribution in [0, 0.1) is 5.92 Å². The average Bonchev–Trinajstić information content (AvgIpc) is 2.54. The van der Waals surface area contributed by atoms with E-state index in [2.05, 4.69) is 11.6 Å². The third-order valence-corrected chi connectivity index (χ3v) is 5.88. The van der Waals surface area contributed by atoms with Crippen LogP contribution in [0.25, 0.3) is 0 Å². The van der Waals surface area contributed by atoms with Gasteiger partial charge in [0.25, 0.3) is 5.91 Å². The maximum atomic E-state index is 12.4. The van der Waals surface area contributed by atoms with Crippen molar-refractivity contribution in [1.29, 1.82) is 0 Å². The predicted molar refractivity (Wildman–Crippen MR) is 91.6 cm³/mol. The molecule has 6 nitrogen and oxygen atoms in total. The summed E-state index contributed by atoms with van der Waals surface area (Å²) in [5.41, 5.74) is 1.04. The molecule has 1 amide bonds. The SMILES string of the molecule is CCN(C)S(=O)(=O)Nc1ccc(C(=O)N2CCC(C)CC2)cc1. The molecule has 0 radical (unpaired) electrons. The maximum absolute atomic E-state index is 12.4. The molecular weight excluding hydrogens is 314 g/mol. The Labute approximate surface area is 138 Å². The van der Waals surface area contributed by atoms with Crippen LogP contribution in [0.4, 0.5) is 5.69 Å². The first-order chi connectivity index (χ1) is 10.8. The summed E-state index contributed by atoms with van der Waals surface area (Å²) in [6.45, 7) is 5.93. The van der Waals surface area contributed by atoms with Gasteiger partial charge in [0.1, 0.15) is 0 Å². The highest BCUT2D eigenvalue weighted by atomic mass is 32.2. The lowest BCUT2D eigenvalue weighted by Gasteiger charge is -2.30. The number of benzene rings is 1. The summed E-state index contributed by atoms with van der Waals surface area (Å²) in [7, 11) is -2.02. The van der Waals surface area contributed by atoms with Crippen molar-refractivity contribution in [3.8, 4) is 0 Å². The summed E-state index contributed by atoms with van der Waals surface area (Å²) in [6.07, 6.45) is 2.07. The Morgan fingerprint density at radius 2 is 1.83 bits per heavy atom. The van der Waals surface area contributed by atoms with Gasteiger partial charge in [-0.05, 0) is 43.0 Å². The van der Waals surface area contributed by atoms with Gasteiger partial charge in [0.15, 0.2) is 0 Å². The fraction of sp³-hybridized carbons (Fsp3) is 0.562. The van der Waals surface area contributed by atoms with E-state index in [-0.39, 0.29) is 5.91 Å². The molecule has 0 bridgehead atoms. The van der Waals surface area contributed by atoms with E-state index >= 15 is 0 Å². The minimum Gasteiger partial charge on any atom is -0.339 e. The zero-order valence-electron chi connectivity index (χ0n) is 13.9. The summed E-state index contributed by atoms with van der Waals surface area (Å²) in [5, 5.41) is 0. The van der Waals surface area contributed by atoms with Gasteiger partial charge in [-0.25, -0.2) is 0 Å². The molecule has 1 aromatic rings. The fourth-order valence-corrected chi connectivity index (χ4v) is 3.40. The molecule has 1 saturated heterocycles. The molecule has 1 N–H and O–H groups in total. The molecule has 0 spiro atoms. The zero-order valence-corrected chi connectivity index (χ0v) is 14.8. The van der Waals surface area contributed by atoms with E-state index < -0.39 is 10.2 Å². The lowest BCUT2D eigenvalue weighted by atomic mass is 9.98. The van der Waals surface area contributed by atoms with Crippen LogP contribution in [-0.2, 0) is 10.2 Å². The smallest absolute Gasteiger partial charge is 0.301 e. The van der Waals surface area contributed by atoms with Crippen LogP contribution in [0.1, 0.15) is 37.0 Å². The number of nitrogens with zero attached hydrogens (tertiary/aromatic N) is 2. The van der Waals surface area contributed by atoms with Crippen molar-refractivity contribution in [3.63, 3.8) is 0 Å². The van der Waals surface area contributed by atoms with Gasteiger partial charge in [0, 0.05) is 37.9 Å². The van der Waals surface area contributed by atoms with E-state index in [1.165, 1.54) is 11.4 Å². The molecule has 0 saturated carbocycles. The summed E-state index contributed by atoms with van der Waals surface area (Å²) in [5.74, 6) is 0.684. The Hall–Kier alpha value is -1.60. The van der Waals surface area contributed by atoms with E-state index in [0.717, 1.165) is 25.9 Å². The molecule has 1 aliphatic heterocycles. The maximum Gasteiger partial charge on any atom is 0.301 e. The van der Waals surface area contributed by atoms with Gasteiger partial charge in [0.05, 0.1) is 0 Å². The van der Waals surface area contributed by atoms with Gasteiger partial charge in [0.2, 0.25) is 0 Å². The first kappa shape index (κ1) is 17.7.